The normalized spacial score (nSPS) is 11.7. The smallest absolute Gasteiger partial charge is 0.120 e. The molecule has 0 fully saturated rings. The molecule has 3 heteroatoms. The average Bonchev–Trinajstić information content (AvgIpc) is 2.37. The van der Waals surface area contributed by atoms with Crippen LogP contribution in [0.25, 0.3) is 10.9 Å². The van der Waals surface area contributed by atoms with Gasteiger partial charge in [0.05, 0.1) is 5.52 Å². The van der Waals surface area contributed by atoms with Crippen molar-refractivity contribution in [1.29, 1.82) is 0 Å². The van der Waals surface area contributed by atoms with Gasteiger partial charge in [0, 0.05) is 24.7 Å². The average molecular weight is 258 g/mol. The van der Waals surface area contributed by atoms with Crippen molar-refractivity contribution in [2.75, 3.05) is 19.7 Å². The number of benzene rings is 1. The van der Waals surface area contributed by atoms with E-state index in [-0.39, 0.29) is 0 Å². The van der Waals surface area contributed by atoms with Crippen LogP contribution in [0.1, 0.15) is 20.8 Å². The molecule has 2 rings (SSSR count). The molecule has 0 aliphatic carbocycles. The number of hydrogen-bond acceptors (Lipinski definition) is 3. The Labute approximate surface area is 115 Å². The van der Waals surface area contributed by atoms with Crippen LogP contribution in [0.5, 0.6) is 5.75 Å². The summed E-state index contributed by atoms with van der Waals surface area (Å²) < 4.78 is 5.74. The molecule has 0 atom stereocenters. The first-order valence-electron chi connectivity index (χ1n) is 6.73. The van der Waals surface area contributed by atoms with Crippen molar-refractivity contribution in [2.45, 2.75) is 20.8 Å². The molecule has 102 valence electrons. The van der Waals surface area contributed by atoms with Crippen LogP contribution in [0.2, 0.25) is 0 Å². The molecule has 1 aromatic carbocycles. The molecule has 0 aliphatic heterocycles. The number of pyridine rings is 1. The highest BCUT2D eigenvalue weighted by Gasteiger charge is 2.08. The zero-order valence-corrected chi connectivity index (χ0v) is 11.9. The summed E-state index contributed by atoms with van der Waals surface area (Å²) in [5, 5.41) is 4.51. The van der Waals surface area contributed by atoms with Gasteiger partial charge in [-0.15, -0.1) is 0 Å². The first-order valence-corrected chi connectivity index (χ1v) is 6.73. The van der Waals surface area contributed by atoms with Gasteiger partial charge in [0.1, 0.15) is 12.4 Å². The maximum atomic E-state index is 5.74. The fourth-order valence-corrected chi connectivity index (χ4v) is 1.85. The van der Waals surface area contributed by atoms with Crippen LogP contribution in [0.15, 0.2) is 36.5 Å². The van der Waals surface area contributed by atoms with Crippen molar-refractivity contribution in [3.63, 3.8) is 0 Å². The van der Waals surface area contributed by atoms with E-state index in [0.717, 1.165) is 29.7 Å². The molecule has 1 heterocycles. The van der Waals surface area contributed by atoms with Crippen LogP contribution in [0.4, 0.5) is 0 Å². The van der Waals surface area contributed by atoms with E-state index < -0.39 is 0 Å². The summed E-state index contributed by atoms with van der Waals surface area (Å²) >= 11 is 0. The second-order valence-electron chi connectivity index (χ2n) is 5.94. The van der Waals surface area contributed by atoms with Crippen molar-refractivity contribution in [3.8, 4) is 5.75 Å². The summed E-state index contributed by atoms with van der Waals surface area (Å²) in [6.07, 6.45) is 1.80. The summed E-state index contributed by atoms with van der Waals surface area (Å²) in [5.74, 6) is 0.901. The highest BCUT2D eigenvalue weighted by atomic mass is 16.5. The standard InChI is InChI=1S/C16H22N2O/c1-16(2,3)12-17-9-10-19-14-6-7-15-13(11-14)5-4-8-18-15/h4-8,11,17H,9-10,12H2,1-3H3. The van der Waals surface area contributed by atoms with Gasteiger partial charge in [0.2, 0.25) is 0 Å². The second kappa shape index (κ2) is 6.02. The highest BCUT2D eigenvalue weighted by molar-refractivity contribution is 5.79. The molecule has 0 radical (unpaired) electrons. The number of hydrogen-bond donors (Lipinski definition) is 1. The van der Waals surface area contributed by atoms with Crippen molar-refractivity contribution in [2.24, 2.45) is 5.41 Å². The molecular weight excluding hydrogens is 236 g/mol. The van der Waals surface area contributed by atoms with Gasteiger partial charge in [-0.3, -0.25) is 4.98 Å². The van der Waals surface area contributed by atoms with E-state index in [4.69, 9.17) is 4.74 Å². The fraction of sp³-hybridized carbons (Fsp3) is 0.438. The fourth-order valence-electron chi connectivity index (χ4n) is 1.85. The number of rotatable bonds is 5. The maximum absolute atomic E-state index is 5.74. The Morgan fingerprint density at radius 3 is 2.84 bits per heavy atom. The lowest BCUT2D eigenvalue weighted by Gasteiger charge is -2.18. The summed E-state index contributed by atoms with van der Waals surface area (Å²) in [7, 11) is 0. The van der Waals surface area contributed by atoms with Crippen LogP contribution >= 0.6 is 0 Å². The molecule has 0 aliphatic rings. The second-order valence-corrected chi connectivity index (χ2v) is 5.94. The molecule has 3 nitrogen and oxygen atoms in total. The molecule has 1 N–H and O–H groups in total. The van der Waals surface area contributed by atoms with Gasteiger partial charge in [0.15, 0.2) is 0 Å². The van der Waals surface area contributed by atoms with Gasteiger partial charge in [0.25, 0.3) is 0 Å². The predicted octanol–water partition coefficient (Wildman–Crippen LogP) is 3.25. The molecule has 0 unspecified atom stereocenters. The minimum absolute atomic E-state index is 0.314. The van der Waals surface area contributed by atoms with Gasteiger partial charge >= 0.3 is 0 Å². The Morgan fingerprint density at radius 2 is 2.05 bits per heavy atom. The largest absolute Gasteiger partial charge is 0.492 e. The number of fused-ring (bicyclic) bond motifs is 1. The van der Waals surface area contributed by atoms with E-state index in [1.54, 1.807) is 6.20 Å². The Kier molecular flexibility index (Phi) is 4.38. The van der Waals surface area contributed by atoms with Crippen LogP contribution in [-0.2, 0) is 0 Å². The lowest BCUT2D eigenvalue weighted by atomic mass is 9.97. The first kappa shape index (κ1) is 13.8. The summed E-state index contributed by atoms with van der Waals surface area (Å²) in [6.45, 7) is 9.20. The van der Waals surface area contributed by atoms with Gasteiger partial charge < -0.3 is 10.1 Å². The van der Waals surface area contributed by atoms with E-state index in [1.165, 1.54) is 0 Å². The molecule has 0 saturated carbocycles. The molecule has 2 aromatic rings. The van der Waals surface area contributed by atoms with E-state index in [1.807, 2.05) is 30.3 Å². The zero-order valence-electron chi connectivity index (χ0n) is 11.9. The predicted molar refractivity (Wildman–Crippen MR) is 79.6 cm³/mol. The SMILES string of the molecule is CC(C)(C)CNCCOc1ccc2ncccc2c1. The molecule has 0 bridgehead atoms. The number of aromatic nitrogens is 1. The number of nitrogens with zero attached hydrogens (tertiary/aromatic N) is 1. The molecule has 1 aromatic heterocycles. The Hall–Kier alpha value is -1.61. The van der Waals surface area contributed by atoms with Crippen LogP contribution in [0.3, 0.4) is 0 Å². The third kappa shape index (κ3) is 4.52. The molecule has 0 amide bonds. The van der Waals surface area contributed by atoms with Crippen molar-refractivity contribution >= 4 is 10.9 Å². The number of ether oxygens (including phenoxy) is 1. The van der Waals surface area contributed by atoms with Gasteiger partial charge in [-0.25, -0.2) is 0 Å². The third-order valence-electron chi connectivity index (χ3n) is 2.78. The summed E-state index contributed by atoms with van der Waals surface area (Å²) in [5.41, 5.74) is 1.31. The summed E-state index contributed by atoms with van der Waals surface area (Å²) in [4.78, 5) is 4.29. The van der Waals surface area contributed by atoms with Gasteiger partial charge in [-0.1, -0.05) is 26.8 Å². The third-order valence-corrected chi connectivity index (χ3v) is 2.78. The van der Waals surface area contributed by atoms with Crippen LogP contribution in [-0.4, -0.2) is 24.7 Å². The topological polar surface area (TPSA) is 34.1 Å². The highest BCUT2D eigenvalue weighted by Crippen LogP contribution is 2.18. The molecule has 0 spiro atoms. The minimum atomic E-state index is 0.314. The Morgan fingerprint density at radius 1 is 1.21 bits per heavy atom. The van der Waals surface area contributed by atoms with Crippen molar-refractivity contribution in [1.82, 2.24) is 10.3 Å². The quantitative estimate of drug-likeness (QED) is 0.836. The van der Waals surface area contributed by atoms with E-state index in [2.05, 4.69) is 31.1 Å². The van der Waals surface area contributed by atoms with Crippen LogP contribution in [0, 0.1) is 5.41 Å². The monoisotopic (exact) mass is 258 g/mol. The summed E-state index contributed by atoms with van der Waals surface area (Å²) in [6, 6.07) is 9.99. The van der Waals surface area contributed by atoms with E-state index in [9.17, 15) is 0 Å². The van der Waals surface area contributed by atoms with E-state index in [0.29, 0.717) is 12.0 Å². The van der Waals surface area contributed by atoms with Crippen molar-refractivity contribution < 1.29 is 4.74 Å². The van der Waals surface area contributed by atoms with Gasteiger partial charge in [-0.05, 0) is 29.7 Å². The molecule has 0 saturated heterocycles. The van der Waals surface area contributed by atoms with E-state index >= 15 is 0 Å². The maximum Gasteiger partial charge on any atom is 0.120 e. The lowest BCUT2D eigenvalue weighted by Crippen LogP contribution is -2.30. The minimum Gasteiger partial charge on any atom is -0.492 e. The van der Waals surface area contributed by atoms with Gasteiger partial charge in [-0.2, -0.15) is 0 Å². The molecular formula is C16H22N2O. The Bertz CT molecular complexity index is 532. The number of nitrogens with one attached hydrogen (secondary N) is 1. The Balaban J connectivity index is 1.82. The van der Waals surface area contributed by atoms with Crippen LogP contribution < -0.4 is 10.1 Å². The molecule has 19 heavy (non-hydrogen) atoms. The lowest BCUT2D eigenvalue weighted by molar-refractivity contribution is 0.297. The van der Waals surface area contributed by atoms with Crippen molar-refractivity contribution in [3.05, 3.63) is 36.5 Å². The first-order chi connectivity index (χ1) is 9.04. The zero-order chi connectivity index (χ0) is 13.7.